The first-order valence-electron chi connectivity index (χ1n) is 9.76. The maximum atomic E-state index is 12.9. The average Bonchev–Trinajstić information content (AvgIpc) is 3.04. The van der Waals surface area contributed by atoms with Crippen molar-refractivity contribution in [2.45, 2.75) is 54.0 Å². The van der Waals surface area contributed by atoms with Crippen molar-refractivity contribution < 1.29 is 23.9 Å². The van der Waals surface area contributed by atoms with Gasteiger partial charge in [-0.3, -0.25) is 4.79 Å². The fourth-order valence-electron chi connectivity index (χ4n) is 3.04. The van der Waals surface area contributed by atoms with Crippen LogP contribution < -0.4 is 0 Å². The number of Topliss-reactive ketones (excluding diaryl/α,β-unsaturated/α-hetero) is 1. The van der Waals surface area contributed by atoms with Gasteiger partial charge in [0.25, 0.3) is 0 Å². The Hall–Kier alpha value is -2.96. The molecular weight excluding hydrogens is 372 g/mol. The van der Waals surface area contributed by atoms with Gasteiger partial charge >= 0.3 is 11.9 Å². The van der Waals surface area contributed by atoms with Crippen molar-refractivity contribution in [1.29, 1.82) is 0 Å². The first-order valence-corrected chi connectivity index (χ1v) is 9.76. The highest BCUT2D eigenvalue weighted by molar-refractivity contribution is 5.99. The lowest BCUT2D eigenvalue weighted by Gasteiger charge is -2.11. The van der Waals surface area contributed by atoms with Gasteiger partial charge in [-0.15, -0.1) is 0 Å². The Labute approximate surface area is 171 Å². The third-order valence-electron chi connectivity index (χ3n) is 4.63. The molecule has 2 rings (SSSR count). The number of esters is 2. The molecule has 0 N–H and O–H groups in total. The minimum atomic E-state index is -0.626. The van der Waals surface area contributed by atoms with E-state index in [1.54, 1.807) is 26.0 Å². The van der Waals surface area contributed by atoms with E-state index < -0.39 is 11.9 Å². The van der Waals surface area contributed by atoms with Crippen LogP contribution in [0.5, 0.6) is 0 Å². The molecule has 0 radical (unpaired) electrons. The van der Waals surface area contributed by atoms with E-state index in [4.69, 9.17) is 9.47 Å². The smallest absolute Gasteiger partial charge is 0.359 e. The number of carbonyl (C=O) groups excluding carboxylic acids is 3. The van der Waals surface area contributed by atoms with E-state index in [1.165, 1.54) is 4.68 Å². The van der Waals surface area contributed by atoms with Gasteiger partial charge in [0.05, 0.1) is 13.2 Å². The Balaban J connectivity index is 2.54. The first kappa shape index (κ1) is 22.3. The number of benzene rings is 1. The SMILES string of the molecule is CCOC(=O)c1nn(CC(=O)c2ccc(C)c(C)c2)c(C(=O)OCC)c1C(C)C. The molecule has 0 aliphatic rings. The zero-order valence-corrected chi connectivity index (χ0v) is 17.9. The maximum absolute atomic E-state index is 12.9. The number of aryl methyl sites for hydroxylation is 2. The molecule has 0 fully saturated rings. The number of ketones is 1. The van der Waals surface area contributed by atoms with Gasteiger partial charge in [-0.1, -0.05) is 26.0 Å². The third-order valence-corrected chi connectivity index (χ3v) is 4.63. The molecule has 0 saturated heterocycles. The van der Waals surface area contributed by atoms with Gasteiger partial charge in [0.2, 0.25) is 0 Å². The summed E-state index contributed by atoms with van der Waals surface area (Å²) < 4.78 is 11.5. The highest BCUT2D eigenvalue weighted by Gasteiger charge is 2.31. The monoisotopic (exact) mass is 400 g/mol. The summed E-state index contributed by atoms with van der Waals surface area (Å²) in [5.41, 5.74) is 3.17. The zero-order valence-electron chi connectivity index (χ0n) is 17.9. The molecule has 1 aromatic heterocycles. The van der Waals surface area contributed by atoms with Gasteiger partial charge in [0.15, 0.2) is 17.2 Å². The summed E-state index contributed by atoms with van der Waals surface area (Å²) in [5.74, 6) is -1.66. The van der Waals surface area contributed by atoms with E-state index in [1.807, 2.05) is 33.8 Å². The molecule has 0 unspecified atom stereocenters. The second kappa shape index (κ2) is 9.49. The van der Waals surface area contributed by atoms with E-state index in [0.29, 0.717) is 11.1 Å². The predicted octanol–water partition coefficient (Wildman–Crippen LogP) is 3.86. The molecule has 7 heteroatoms. The number of rotatable bonds is 8. The summed E-state index contributed by atoms with van der Waals surface area (Å²) in [4.78, 5) is 37.9. The minimum Gasteiger partial charge on any atom is -0.461 e. The van der Waals surface area contributed by atoms with Crippen LogP contribution in [-0.2, 0) is 16.0 Å². The summed E-state index contributed by atoms with van der Waals surface area (Å²) in [7, 11) is 0. The van der Waals surface area contributed by atoms with Crippen molar-refractivity contribution in [3.63, 3.8) is 0 Å². The summed E-state index contributed by atoms with van der Waals surface area (Å²) in [6.07, 6.45) is 0. The van der Waals surface area contributed by atoms with Crippen LogP contribution in [0.25, 0.3) is 0 Å². The topological polar surface area (TPSA) is 87.5 Å². The Morgan fingerprint density at radius 1 is 1.00 bits per heavy atom. The molecule has 0 saturated carbocycles. The lowest BCUT2D eigenvalue weighted by molar-refractivity contribution is 0.0505. The molecule has 1 heterocycles. The van der Waals surface area contributed by atoms with Crippen molar-refractivity contribution in [2.75, 3.05) is 13.2 Å². The molecule has 0 spiro atoms. The number of carbonyl (C=O) groups is 3. The number of hydrogen-bond acceptors (Lipinski definition) is 6. The maximum Gasteiger partial charge on any atom is 0.359 e. The van der Waals surface area contributed by atoms with Crippen molar-refractivity contribution >= 4 is 17.7 Å². The van der Waals surface area contributed by atoms with Crippen molar-refractivity contribution in [3.8, 4) is 0 Å². The molecule has 0 atom stereocenters. The van der Waals surface area contributed by atoms with Gasteiger partial charge in [-0.2, -0.15) is 5.10 Å². The minimum absolute atomic E-state index is 0.0396. The fourth-order valence-corrected chi connectivity index (χ4v) is 3.04. The van der Waals surface area contributed by atoms with Crippen LogP contribution >= 0.6 is 0 Å². The van der Waals surface area contributed by atoms with Gasteiger partial charge < -0.3 is 9.47 Å². The number of hydrogen-bond donors (Lipinski definition) is 0. The van der Waals surface area contributed by atoms with Crippen LogP contribution in [0.4, 0.5) is 0 Å². The fraction of sp³-hybridized carbons (Fsp3) is 0.455. The van der Waals surface area contributed by atoms with Crippen LogP contribution in [0.3, 0.4) is 0 Å². The number of aromatic nitrogens is 2. The van der Waals surface area contributed by atoms with Crippen molar-refractivity contribution in [3.05, 3.63) is 51.8 Å². The van der Waals surface area contributed by atoms with E-state index >= 15 is 0 Å². The van der Waals surface area contributed by atoms with Crippen molar-refractivity contribution in [1.82, 2.24) is 9.78 Å². The van der Waals surface area contributed by atoms with Crippen LogP contribution in [0.15, 0.2) is 18.2 Å². The van der Waals surface area contributed by atoms with Gasteiger partial charge in [-0.25, -0.2) is 14.3 Å². The molecule has 29 heavy (non-hydrogen) atoms. The molecule has 2 aromatic rings. The average molecular weight is 400 g/mol. The second-order valence-corrected chi connectivity index (χ2v) is 7.09. The molecule has 1 aromatic carbocycles. The van der Waals surface area contributed by atoms with E-state index in [-0.39, 0.29) is 42.8 Å². The van der Waals surface area contributed by atoms with E-state index in [2.05, 4.69) is 5.10 Å². The molecule has 0 amide bonds. The highest BCUT2D eigenvalue weighted by Crippen LogP contribution is 2.26. The number of nitrogens with zero attached hydrogens (tertiary/aromatic N) is 2. The summed E-state index contributed by atoms with van der Waals surface area (Å²) in [6, 6.07) is 5.43. The molecular formula is C22H28N2O5. The Kier molecular flexibility index (Phi) is 7.31. The Morgan fingerprint density at radius 2 is 1.62 bits per heavy atom. The standard InChI is InChI=1S/C22H28N2O5/c1-7-28-21(26)19-18(13(3)4)20(22(27)29-8-2)24(23-19)12-17(25)16-10-9-14(5)15(6)11-16/h9-11,13H,7-8,12H2,1-6H3. The first-order chi connectivity index (χ1) is 13.7. The van der Waals surface area contributed by atoms with Gasteiger partial charge in [0.1, 0.15) is 6.54 Å². The van der Waals surface area contributed by atoms with Crippen LogP contribution in [-0.4, -0.2) is 40.7 Å². The molecule has 156 valence electrons. The van der Waals surface area contributed by atoms with Crippen LogP contribution in [0, 0.1) is 13.8 Å². The van der Waals surface area contributed by atoms with Crippen molar-refractivity contribution in [2.24, 2.45) is 0 Å². The molecule has 0 aliphatic carbocycles. The predicted molar refractivity (Wildman–Crippen MR) is 108 cm³/mol. The van der Waals surface area contributed by atoms with Gasteiger partial charge in [0, 0.05) is 11.1 Å². The molecule has 0 aliphatic heterocycles. The van der Waals surface area contributed by atoms with E-state index in [9.17, 15) is 14.4 Å². The quantitative estimate of drug-likeness (QED) is 0.494. The second-order valence-electron chi connectivity index (χ2n) is 7.09. The largest absolute Gasteiger partial charge is 0.461 e. The van der Waals surface area contributed by atoms with E-state index in [0.717, 1.165) is 11.1 Å². The number of ether oxygens (including phenoxy) is 2. The summed E-state index contributed by atoms with van der Waals surface area (Å²) >= 11 is 0. The van der Waals surface area contributed by atoms with Crippen LogP contribution in [0.2, 0.25) is 0 Å². The lowest BCUT2D eigenvalue weighted by atomic mass is 10.00. The van der Waals surface area contributed by atoms with Crippen LogP contribution in [0.1, 0.15) is 81.6 Å². The Bertz CT molecular complexity index is 928. The summed E-state index contributed by atoms with van der Waals surface area (Å²) in [5, 5.41) is 4.28. The summed E-state index contributed by atoms with van der Waals surface area (Å²) in [6.45, 7) is 11.1. The molecule has 0 bridgehead atoms. The normalized spacial score (nSPS) is 10.9. The Morgan fingerprint density at radius 3 is 2.17 bits per heavy atom. The lowest BCUT2D eigenvalue weighted by Crippen LogP contribution is -2.19. The zero-order chi connectivity index (χ0) is 21.7. The van der Waals surface area contributed by atoms with Gasteiger partial charge in [-0.05, 0) is 50.8 Å². The molecule has 7 nitrogen and oxygen atoms in total. The highest BCUT2D eigenvalue weighted by atomic mass is 16.5. The third kappa shape index (κ3) is 4.91.